The molecule has 1 aromatic carbocycles. The van der Waals surface area contributed by atoms with Gasteiger partial charge in [-0.3, -0.25) is 0 Å². The second-order valence-electron chi connectivity index (χ2n) is 7.45. The van der Waals surface area contributed by atoms with Crippen LogP contribution in [-0.4, -0.2) is 32.9 Å². The third kappa shape index (κ3) is 3.62. The number of aliphatic hydroxyl groups is 1. The van der Waals surface area contributed by atoms with E-state index in [0.717, 1.165) is 58.6 Å². The minimum Gasteiger partial charge on any atom is -0.386 e. The van der Waals surface area contributed by atoms with Gasteiger partial charge in [0.2, 0.25) is 0 Å². The fourth-order valence-electron chi connectivity index (χ4n) is 3.58. The molecular formula is C22H24N4OS. The average Bonchev–Trinajstić information content (AvgIpc) is 2.72. The maximum Gasteiger partial charge on any atom is 0.189 e. The SMILES string of the molecule is CSc1nccc(N2CCCc3cc(C(C)(C)O)c(-c4ccccc4)nc32)n1. The van der Waals surface area contributed by atoms with Gasteiger partial charge in [-0.2, -0.15) is 0 Å². The van der Waals surface area contributed by atoms with E-state index in [1.165, 1.54) is 11.8 Å². The van der Waals surface area contributed by atoms with Crippen LogP contribution >= 0.6 is 11.8 Å². The number of hydrogen-bond donors (Lipinski definition) is 1. The lowest BCUT2D eigenvalue weighted by molar-refractivity contribution is 0.0788. The number of pyridine rings is 1. The van der Waals surface area contributed by atoms with Crippen molar-refractivity contribution >= 4 is 23.4 Å². The van der Waals surface area contributed by atoms with Crippen LogP contribution in [0.15, 0.2) is 53.8 Å². The van der Waals surface area contributed by atoms with E-state index in [2.05, 4.69) is 20.9 Å². The molecule has 0 saturated carbocycles. The molecule has 0 spiro atoms. The number of thioether (sulfide) groups is 1. The summed E-state index contributed by atoms with van der Waals surface area (Å²) in [6, 6.07) is 14.1. The summed E-state index contributed by atoms with van der Waals surface area (Å²) in [6.07, 6.45) is 5.73. The Balaban J connectivity index is 1.89. The van der Waals surface area contributed by atoms with Gasteiger partial charge in [-0.25, -0.2) is 15.0 Å². The van der Waals surface area contributed by atoms with Crippen molar-refractivity contribution in [3.05, 3.63) is 59.8 Å². The van der Waals surface area contributed by atoms with E-state index in [1.807, 2.05) is 56.5 Å². The molecule has 0 saturated heterocycles. The lowest BCUT2D eigenvalue weighted by Crippen LogP contribution is -2.28. The van der Waals surface area contributed by atoms with Crippen LogP contribution in [0.2, 0.25) is 0 Å². The Morgan fingerprint density at radius 1 is 1.11 bits per heavy atom. The van der Waals surface area contributed by atoms with Crippen LogP contribution < -0.4 is 4.90 Å². The van der Waals surface area contributed by atoms with Crippen LogP contribution in [0, 0.1) is 0 Å². The molecular weight excluding hydrogens is 368 g/mol. The standard InChI is InChI=1S/C22H24N4OS/c1-22(2,27)17-14-16-10-7-13-26(18-11-12-23-21(24-18)28-3)20(16)25-19(17)15-8-5-4-6-9-15/h4-6,8-9,11-12,14,27H,7,10,13H2,1-3H3. The van der Waals surface area contributed by atoms with E-state index >= 15 is 0 Å². The number of rotatable bonds is 4. The predicted molar refractivity (Wildman–Crippen MR) is 114 cm³/mol. The Morgan fingerprint density at radius 2 is 1.89 bits per heavy atom. The molecule has 0 bridgehead atoms. The lowest BCUT2D eigenvalue weighted by Gasteiger charge is -2.32. The normalized spacial score (nSPS) is 14.1. The van der Waals surface area contributed by atoms with Crippen LogP contribution in [0.5, 0.6) is 0 Å². The van der Waals surface area contributed by atoms with Gasteiger partial charge in [0.05, 0.1) is 11.3 Å². The topological polar surface area (TPSA) is 62.1 Å². The molecule has 1 N–H and O–H groups in total. The second-order valence-corrected chi connectivity index (χ2v) is 8.22. The summed E-state index contributed by atoms with van der Waals surface area (Å²) < 4.78 is 0. The largest absolute Gasteiger partial charge is 0.386 e. The first-order valence-electron chi connectivity index (χ1n) is 9.44. The van der Waals surface area contributed by atoms with Crippen LogP contribution in [0.3, 0.4) is 0 Å². The number of aromatic nitrogens is 3. The first-order valence-corrected chi connectivity index (χ1v) is 10.7. The van der Waals surface area contributed by atoms with Crippen molar-refractivity contribution in [2.75, 3.05) is 17.7 Å². The summed E-state index contributed by atoms with van der Waals surface area (Å²) in [6.45, 7) is 4.50. The lowest BCUT2D eigenvalue weighted by atomic mass is 9.90. The number of nitrogens with zero attached hydrogens (tertiary/aromatic N) is 4. The van der Waals surface area contributed by atoms with Crippen molar-refractivity contribution in [1.82, 2.24) is 15.0 Å². The monoisotopic (exact) mass is 392 g/mol. The van der Waals surface area contributed by atoms with Gasteiger partial charge in [-0.05, 0) is 50.6 Å². The highest BCUT2D eigenvalue weighted by molar-refractivity contribution is 7.98. The van der Waals surface area contributed by atoms with Crippen molar-refractivity contribution in [2.45, 2.75) is 37.4 Å². The van der Waals surface area contributed by atoms with Crippen molar-refractivity contribution in [1.29, 1.82) is 0 Å². The fraction of sp³-hybridized carbons (Fsp3) is 0.318. The van der Waals surface area contributed by atoms with Gasteiger partial charge < -0.3 is 10.0 Å². The van der Waals surface area contributed by atoms with Crippen molar-refractivity contribution in [2.24, 2.45) is 0 Å². The molecule has 0 amide bonds. The zero-order chi connectivity index (χ0) is 19.7. The van der Waals surface area contributed by atoms with Gasteiger partial charge in [0.15, 0.2) is 5.16 Å². The second kappa shape index (κ2) is 7.53. The van der Waals surface area contributed by atoms with Crippen LogP contribution in [-0.2, 0) is 12.0 Å². The summed E-state index contributed by atoms with van der Waals surface area (Å²) in [5, 5.41) is 11.6. The molecule has 1 aliphatic rings. The van der Waals surface area contributed by atoms with Crippen LogP contribution in [0.4, 0.5) is 11.6 Å². The number of anilines is 2. The minimum atomic E-state index is -0.976. The van der Waals surface area contributed by atoms with E-state index in [0.29, 0.717) is 0 Å². The minimum absolute atomic E-state index is 0.751. The molecule has 6 heteroatoms. The molecule has 3 aromatic rings. The average molecular weight is 393 g/mol. The molecule has 5 nitrogen and oxygen atoms in total. The van der Waals surface area contributed by atoms with Gasteiger partial charge in [0, 0.05) is 23.9 Å². The third-order valence-corrected chi connectivity index (χ3v) is 5.51. The summed E-state index contributed by atoms with van der Waals surface area (Å²) in [7, 11) is 0. The molecule has 4 rings (SSSR count). The van der Waals surface area contributed by atoms with Gasteiger partial charge in [-0.1, -0.05) is 42.1 Å². The molecule has 1 aliphatic heterocycles. The van der Waals surface area contributed by atoms with Crippen LogP contribution in [0.1, 0.15) is 31.4 Å². The highest BCUT2D eigenvalue weighted by atomic mass is 32.2. The molecule has 0 fully saturated rings. The Kier molecular flexibility index (Phi) is 5.08. The van der Waals surface area contributed by atoms with E-state index in [-0.39, 0.29) is 0 Å². The van der Waals surface area contributed by atoms with Gasteiger partial charge >= 0.3 is 0 Å². The van der Waals surface area contributed by atoms with Crippen molar-refractivity contribution < 1.29 is 5.11 Å². The smallest absolute Gasteiger partial charge is 0.189 e. The quantitative estimate of drug-likeness (QED) is 0.518. The Bertz CT molecular complexity index is 986. The highest BCUT2D eigenvalue weighted by Crippen LogP contribution is 2.38. The highest BCUT2D eigenvalue weighted by Gasteiger charge is 2.28. The summed E-state index contributed by atoms with van der Waals surface area (Å²) in [5.41, 5.74) is 2.84. The zero-order valence-electron chi connectivity index (χ0n) is 16.4. The van der Waals surface area contributed by atoms with Gasteiger partial charge in [0.1, 0.15) is 11.6 Å². The Morgan fingerprint density at radius 3 is 2.61 bits per heavy atom. The number of aryl methyl sites for hydroxylation is 1. The number of hydrogen-bond acceptors (Lipinski definition) is 6. The predicted octanol–water partition coefficient (Wildman–Crippen LogP) is 4.57. The summed E-state index contributed by atoms with van der Waals surface area (Å²) >= 11 is 1.53. The third-order valence-electron chi connectivity index (χ3n) is 4.95. The van der Waals surface area contributed by atoms with Crippen molar-refractivity contribution in [3.8, 4) is 11.3 Å². The number of benzene rings is 1. The maximum atomic E-state index is 10.8. The van der Waals surface area contributed by atoms with E-state index in [4.69, 9.17) is 4.98 Å². The molecule has 0 radical (unpaired) electrons. The van der Waals surface area contributed by atoms with E-state index in [9.17, 15) is 5.11 Å². The summed E-state index contributed by atoms with van der Waals surface area (Å²) in [5.74, 6) is 1.78. The molecule has 0 atom stereocenters. The van der Waals surface area contributed by atoms with E-state index in [1.54, 1.807) is 6.20 Å². The van der Waals surface area contributed by atoms with Crippen LogP contribution in [0.25, 0.3) is 11.3 Å². The molecule has 3 heterocycles. The Hall–Kier alpha value is -2.44. The fourth-order valence-corrected chi connectivity index (χ4v) is 3.93. The van der Waals surface area contributed by atoms with E-state index < -0.39 is 5.60 Å². The molecule has 0 aliphatic carbocycles. The maximum absolute atomic E-state index is 10.8. The van der Waals surface area contributed by atoms with Gasteiger partial charge in [-0.15, -0.1) is 0 Å². The molecule has 2 aromatic heterocycles. The molecule has 28 heavy (non-hydrogen) atoms. The van der Waals surface area contributed by atoms with Crippen molar-refractivity contribution in [3.63, 3.8) is 0 Å². The summed E-state index contributed by atoms with van der Waals surface area (Å²) in [4.78, 5) is 16.2. The zero-order valence-corrected chi connectivity index (χ0v) is 17.2. The Labute approximate surface area is 169 Å². The number of fused-ring (bicyclic) bond motifs is 1. The first-order chi connectivity index (χ1) is 13.5. The molecule has 144 valence electrons. The van der Waals surface area contributed by atoms with Gasteiger partial charge in [0.25, 0.3) is 0 Å². The molecule has 0 unspecified atom stereocenters. The first kappa shape index (κ1) is 18.9.